The molecule has 0 aliphatic heterocycles. The van der Waals surface area contributed by atoms with Crippen LogP contribution in [0.4, 0.5) is 0 Å². The van der Waals surface area contributed by atoms with Gasteiger partial charge in [0.1, 0.15) is 0 Å². The van der Waals surface area contributed by atoms with Crippen LogP contribution in [0.15, 0.2) is 44.8 Å². The number of benzene rings is 1. The van der Waals surface area contributed by atoms with Crippen LogP contribution in [0.2, 0.25) is 5.02 Å². The molecule has 1 nitrogen and oxygen atoms in total. The Morgan fingerprint density at radius 1 is 1.31 bits per heavy atom. The van der Waals surface area contributed by atoms with Crippen LogP contribution in [-0.2, 0) is 6.42 Å². The van der Waals surface area contributed by atoms with Crippen molar-refractivity contribution in [2.75, 3.05) is 6.54 Å². The molecule has 0 unspecified atom stereocenters. The topological polar surface area (TPSA) is 26.0 Å². The molecule has 0 bridgehead atoms. The fourth-order valence-corrected chi connectivity index (χ4v) is 3.58. The van der Waals surface area contributed by atoms with E-state index < -0.39 is 0 Å². The maximum Gasteiger partial charge on any atom is 0.0646 e. The Bertz CT molecular complexity index is 454. The molecule has 16 heavy (non-hydrogen) atoms. The zero-order valence-electron chi connectivity index (χ0n) is 8.65. The van der Waals surface area contributed by atoms with Crippen LogP contribution in [0.25, 0.3) is 0 Å². The van der Waals surface area contributed by atoms with Crippen LogP contribution in [-0.4, -0.2) is 6.54 Å². The van der Waals surface area contributed by atoms with Crippen molar-refractivity contribution in [1.82, 2.24) is 0 Å². The highest BCUT2D eigenvalue weighted by molar-refractivity contribution is 8.01. The molecule has 2 rings (SSSR count). The monoisotopic (exact) mass is 269 g/mol. The molecular weight excluding hydrogens is 258 g/mol. The quantitative estimate of drug-likeness (QED) is 0.906. The molecule has 0 saturated carbocycles. The molecule has 1 aromatic carbocycles. The maximum absolute atomic E-state index is 6.02. The molecule has 0 fully saturated rings. The van der Waals surface area contributed by atoms with Gasteiger partial charge in [0.15, 0.2) is 0 Å². The minimum absolute atomic E-state index is 0.666. The number of hydrogen-bond acceptors (Lipinski definition) is 3. The largest absolute Gasteiger partial charge is 0.330 e. The van der Waals surface area contributed by atoms with Gasteiger partial charge in [-0.25, -0.2) is 0 Å². The lowest BCUT2D eigenvalue weighted by Gasteiger charge is -2.07. The standard InChI is InChI=1S/C12H12ClNS2/c13-10-4-3-9(5-6-14)11(8-10)16-12-2-1-7-15-12/h1-4,7-8H,5-6,14H2. The predicted octanol–water partition coefficient (Wildman–Crippen LogP) is 4.05. The van der Waals surface area contributed by atoms with Crippen LogP contribution >= 0.6 is 34.7 Å². The second-order valence-corrected chi connectivity index (χ2v) is 6.05. The highest BCUT2D eigenvalue weighted by Gasteiger charge is 2.05. The highest BCUT2D eigenvalue weighted by atomic mass is 35.5. The normalized spacial score (nSPS) is 10.6. The summed E-state index contributed by atoms with van der Waals surface area (Å²) in [7, 11) is 0. The molecule has 2 aromatic rings. The van der Waals surface area contributed by atoms with E-state index in [-0.39, 0.29) is 0 Å². The first kappa shape index (κ1) is 12.0. The summed E-state index contributed by atoms with van der Waals surface area (Å²) >= 11 is 9.51. The Labute approximate surface area is 109 Å². The van der Waals surface area contributed by atoms with Crippen LogP contribution in [0.3, 0.4) is 0 Å². The van der Waals surface area contributed by atoms with Crippen molar-refractivity contribution < 1.29 is 0 Å². The summed E-state index contributed by atoms with van der Waals surface area (Å²) in [5.41, 5.74) is 6.87. The zero-order valence-corrected chi connectivity index (χ0v) is 11.0. The molecule has 0 saturated heterocycles. The van der Waals surface area contributed by atoms with E-state index in [1.807, 2.05) is 12.1 Å². The molecule has 0 aliphatic rings. The molecular formula is C12H12ClNS2. The summed E-state index contributed by atoms with van der Waals surface area (Å²) in [5.74, 6) is 0. The second kappa shape index (κ2) is 5.73. The first-order valence-corrected chi connectivity index (χ1v) is 7.07. The fraction of sp³-hybridized carbons (Fsp3) is 0.167. The van der Waals surface area contributed by atoms with Crippen molar-refractivity contribution in [2.24, 2.45) is 5.73 Å². The van der Waals surface area contributed by atoms with E-state index in [2.05, 4.69) is 23.6 Å². The lowest BCUT2D eigenvalue weighted by atomic mass is 10.1. The van der Waals surface area contributed by atoms with E-state index in [0.29, 0.717) is 6.54 Å². The lowest BCUT2D eigenvalue weighted by Crippen LogP contribution is -2.03. The van der Waals surface area contributed by atoms with E-state index in [9.17, 15) is 0 Å². The maximum atomic E-state index is 6.02. The Hall–Kier alpha value is -0.480. The van der Waals surface area contributed by atoms with Crippen LogP contribution in [0, 0.1) is 0 Å². The van der Waals surface area contributed by atoms with Crippen LogP contribution in [0.1, 0.15) is 5.56 Å². The van der Waals surface area contributed by atoms with Crippen molar-refractivity contribution in [3.63, 3.8) is 0 Å². The summed E-state index contributed by atoms with van der Waals surface area (Å²) < 4.78 is 1.28. The van der Waals surface area contributed by atoms with E-state index in [0.717, 1.165) is 11.4 Å². The average Bonchev–Trinajstić information content (AvgIpc) is 2.75. The summed E-state index contributed by atoms with van der Waals surface area (Å²) in [5, 5.41) is 2.86. The van der Waals surface area contributed by atoms with Gasteiger partial charge < -0.3 is 5.73 Å². The third kappa shape index (κ3) is 3.01. The SMILES string of the molecule is NCCc1ccc(Cl)cc1Sc1cccs1. The van der Waals surface area contributed by atoms with Gasteiger partial charge in [0.25, 0.3) is 0 Å². The molecule has 2 N–H and O–H groups in total. The van der Waals surface area contributed by atoms with Crippen molar-refractivity contribution in [1.29, 1.82) is 0 Å². The Kier molecular flexibility index (Phi) is 4.29. The lowest BCUT2D eigenvalue weighted by molar-refractivity contribution is 0.945. The summed E-state index contributed by atoms with van der Waals surface area (Å²) in [6.07, 6.45) is 0.894. The second-order valence-electron chi connectivity index (χ2n) is 3.32. The first-order valence-electron chi connectivity index (χ1n) is 4.99. The van der Waals surface area contributed by atoms with Gasteiger partial charge in [-0.05, 0) is 42.1 Å². The first-order chi connectivity index (χ1) is 7.79. The van der Waals surface area contributed by atoms with E-state index in [1.165, 1.54) is 14.7 Å². The number of thiophene rings is 1. The van der Waals surface area contributed by atoms with Gasteiger partial charge >= 0.3 is 0 Å². The molecule has 0 aliphatic carbocycles. The molecule has 0 atom stereocenters. The van der Waals surface area contributed by atoms with Crippen molar-refractivity contribution in [3.8, 4) is 0 Å². The highest BCUT2D eigenvalue weighted by Crippen LogP contribution is 2.35. The Morgan fingerprint density at radius 2 is 2.19 bits per heavy atom. The van der Waals surface area contributed by atoms with Gasteiger partial charge in [0.05, 0.1) is 4.21 Å². The van der Waals surface area contributed by atoms with Gasteiger partial charge in [0.2, 0.25) is 0 Å². The Balaban J connectivity index is 2.26. The third-order valence-corrected chi connectivity index (χ3v) is 4.52. The molecule has 84 valence electrons. The molecule has 1 aromatic heterocycles. The van der Waals surface area contributed by atoms with Crippen molar-refractivity contribution in [2.45, 2.75) is 15.5 Å². The molecule has 0 spiro atoms. The van der Waals surface area contributed by atoms with Gasteiger partial charge in [-0.1, -0.05) is 35.5 Å². The number of halogens is 1. The molecule has 0 radical (unpaired) electrons. The van der Waals surface area contributed by atoms with E-state index in [1.54, 1.807) is 23.1 Å². The number of nitrogens with two attached hydrogens (primary N) is 1. The fourth-order valence-electron chi connectivity index (χ4n) is 1.42. The Morgan fingerprint density at radius 3 is 2.88 bits per heavy atom. The van der Waals surface area contributed by atoms with E-state index >= 15 is 0 Å². The van der Waals surface area contributed by atoms with Gasteiger partial charge in [-0.2, -0.15) is 0 Å². The minimum atomic E-state index is 0.666. The minimum Gasteiger partial charge on any atom is -0.330 e. The van der Waals surface area contributed by atoms with E-state index in [4.69, 9.17) is 17.3 Å². The van der Waals surface area contributed by atoms with Crippen LogP contribution in [0.5, 0.6) is 0 Å². The number of rotatable bonds is 4. The molecule has 4 heteroatoms. The number of hydrogen-bond donors (Lipinski definition) is 1. The van der Waals surface area contributed by atoms with Gasteiger partial charge in [-0.15, -0.1) is 11.3 Å². The summed E-state index contributed by atoms with van der Waals surface area (Å²) in [6, 6.07) is 10.2. The molecule has 0 amide bonds. The van der Waals surface area contributed by atoms with Gasteiger partial charge in [-0.3, -0.25) is 0 Å². The van der Waals surface area contributed by atoms with Crippen molar-refractivity contribution in [3.05, 3.63) is 46.3 Å². The third-order valence-electron chi connectivity index (χ3n) is 2.15. The predicted molar refractivity (Wildman–Crippen MR) is 72.7 cm³/mol. The van der Waals surface area contributed by atoms with Crippen LogP contribution < -0.4 is 5.73 Å². The zero-order chi connectivity index (χ0) is 11.4. The smallest absolute Gasteiger partial charge is 0.0646 e. The summed E-state index contributed by atoms with van der Waals surface area (Å²) in [4.78, 5) is 1.21. The van der Waals surface area contributed by atoms with Crippen molar-refractivity contribution >= 4 is 34.7 Å². The average molecular weight is 270 g/mol. The van der Waals surface area contributed by atoms with Gasteiger partial charge in [0, 0.05) is 9.92 Å². The molecule has 1 heterocycles. The summed E-state index contributed by atoms with van der Waals surface area (Å²) in [6.45, 7) is 0.666.